The molecule has 3 aromatic rings. The predicted octanol–water partition coefficient (Wildman–Crippen LogP) is 3.01. The number of hydrogen-bond donors (Lipinski definition) is 3. The average molecular weight is 406 g/mol. The molecule has 1 amide bonds. The maximum absolute atomic E-state index is 11.8. The molecule has 1 aliphatic heterocycles. The zero-order valence-corrected chi connectivity index (χ0v) is 17.1. The second kappa shape index (κ2) is 8.54. The summed E-state index contributed by atoms with van der Waals surface area (Å²) in [5.41, 5.74) is 10.1. The van der Waals surface area contributed by atoms with Crippen LogP contribution in [0.1, 0.15) is 23.8 Å². The van der Waals surface area contributed by atoms with Gasteiger partial charge in [0.05, 0.1) is 29.5 Å². The van der Waals surface area contributed by atoms with Crippen molar-refractivity contribution in [1.29, 1.82) is 0 Å². The lowest BCUT2D eigenvalue weighted by molar-refractivity contribution is 0.0958. The lowest BCUT2D eigenvalue weighted by Gasteiger charge is -2.37. The predicted molar refractivity (Wildman–Crippen MR) is 117 cm³/mol. The lowest BCUT2D eigenvalue weighted by atomic mass is 9.96. The highest BCUT2D eigenvalue weighted by Crippen LogP contribution is 2.34. The Morgan fingerprint density at radius 3 is 2.77 bits per heavy atom. The minimum atomic E-state index is -0.218. The summed E-state index contributed by atoms with van der Waals surface area (Å²) < 4.78 is 5.45. The Bertz CT molecular complexity index is 993. The molecule has 4 heterocycles. The maximum Gasteiger partial charge on any atom is 0.269 e. The molecular formula is C22H26N6O2. The second-order valence-corrected chi connectivity index (χ2v) is 7.71. The molecule has 0 spiro atoms. The molecule has 0 radical (unpaired) electrons. The summed E-state index contributed by atoms with van der Waals surface area (Å²) in [6, 6.07) is 9.41. The van der Waals surface area contributed by atoms with Crippen LogP contribution in [0, 0.1) is 5.92 Å². The fraction of sp³-hybridized carbons (Fsp3) is 0.318. The smallest absolute Gasteiger partial charge is 0.269 e. The number of furan rings is 1. The number of anilines is 3. The summed E-state index contributed by atoms with van der Waals surface area (Å²) in [6.07, 6.45) is 6.11. The Kier molecular flexibility index (Phi) is 5.67. The highest BCUT2D eigenvalue weighted by molar-refractivity contribution is 5.92. The largest absolute Gasteiger partial charge is 0.449 e. The fourth-order valence-corrected chi connectivity index (χ4v) is 3.85. The van der Waals surface area contributed by atoms with E-state index in [-0.39, 0.29) is 11.9 Å². The van der Waals surface area contributed by atoms with Crippen molar-refractivity contribution in [3.63, 3.8) is 0 Å². The van der Waals surface area contributed by atoms with Crippen LogP contribution in [-0.2, 0) is 0 Å². The quantitative estimate of drug-likeness (QED) is 0.597. The molecule has 8 nitrogen and oxygen atoms in total. The summed E-state index contributed by atoms with van der Waals surface area (Å²) >= 11 is 0. The van der Waals surface area contributed by atoms with Gasteiger partial charge in [0.2, 0.25) is 0 Å². The van der Waals surface area contributed by atoms with Crippen LogP contribution in [0.3, 0.4) is 0 Å². The molecule has 1 saturated heterocycles. The molecule has 156 valence electrons. The van der Waals surface area contributed by atoms with E-state index in [1.165, 1.54) is 0 Å². The number of pyridine rings is 2. The van der Waals surface area contributed by atoms with Crippen LogP contribution in [0.2, 0.25) is 0 Å². The molecule has 0 saturated carbocycles. The first-order valence-electron chi connectivity index (χ1n) is 10.0. The zero-order chi connectivity index (χ0) is 21.1. The summed E-state index contributed by atoms with van der Waals surface area (Å²) in [4.78, 5) is 22.9. The van der Waals surface area contributed by atoms with Gasteiger partial charge in [-0.2, -0.15) is 0 Å². The SMILES string of the molecule is CNC(=O)c1ccc(-c2cc(N3CC(C)CC(N)C3)c(Nc3ccco3)cn2)cn1. The Morgan fingerprint density at radius 2 is 2.10 bits per heavy atom. The Morgan fingerprint density at radius 1 is 1.23 bits per heavy atom. The Labute approximate surface area is 175 Å². The number of hydrogen-bond acceptors (Lipinski definition) is 7. The van der Waals surface area contributed by atoms with Crippen LogP contribution in [0.5, 0.6) is 0 Å². The number of rotatable bonds is 5. The molecular weight excluding hydrogens is 380 g/mol. The first-order valence-corrected chi connectivity index (χ1v) is 10.0. The van der Waals surface area contributed by atoms with Crippen molar-refractivity contribution < 1.29 is 9.21 Å². The number of carbonyl (C=O) groups is 1. The van der Waals surface area contributed by atoms with E-state index in [4.69, 9.17) is 10.2 Å². The van der Waals surface area contributed by atoms with Crippen LogP contribution in [0.4, 0.5) is 17.3 Å². The van der Waals surface area contributed by atoms with Crippen molar-refractivity contribution in [3.8, 4) is 11.3 Å². The van der Waals surface area contributed by atoms with Gasteiger partial charge >= 0.3 is 0 Å². The van der Waals surface area contributed by atoms with Crippen LogP contribution < -0.4 is 21.3 Å². The molecule has 0 bridgehead atoms. The first-order chi connectivity index (χ1) is 14.5. The number of aromatic nitrogens is 2. The minimum Gasteiger partial charge on any atom is -0.449 e. The van der Waals surface area contributed by atoms with Crippen LogP contribution in [0.25, 0.3) is 11.3 Å². The van der Waals surface area contributed by atoms with Gasteiger partial charge in [0, 0.05) is 44.0 Å². The van der Waals surface area contributed by atoms with E-state index in [1.54, 1.807) is 31.8 Å². The van der Waals surface area contributed by atoms with Crippen molar-refractivity contribution in [1.82, 2.24) is 15.3 Å². The van der Waals surface area contributed by atoms with E-state index in [1.807, 2.05) is 24.3 Å². The fourth-order valence-electron chi connectivity index (χ4n) is 3.85. The number of nitrogens with two attached hydrogens (primary N) is 1. The van der Waals surface area contributed by atoms with E-state index in [2.05, 4.69) is 32.4 Å². The number of nitrogens with one attached hydrogen (secondary N) is 2. The van der Waals surface area contributed by atoms with Crippen molar-refractivity contribution >= 4 is 23.2 Å². The molecule has 0 aliphatic carbocycles. The molecule has 3 aromatic heterocycles. The summed E-state index contributed by atoms with van der Waals surface area (Å²) in [6.45, 7) is 3.90. The average Bonchev–Trinajstić information content (AvgIpc) is 3.26. The zero-order valence-electron chi connectivity index (χ0n) is 17.1. The molecule has 1 fully saturated rings. The number of carbonyl (C=O) groups excluding carboxylic acids is 1. The van der Waals surface area contributed by atoms with Crippen LogP contribution >= 0.6 is 0 Å². The minimum absolute atomic E-state index is 0.121. The third kappa shape index (κ3) is 4.28. The highest BCUT2D eigenvalue weighted by Gasteiger charge is 2.25. The molecule has 0 aromatic carbocycles. The Hall–Kier alpha value is -3.39. The van der Waals surface area contributed by atoms with E-state index in [0.29, 0.717) is 17.5 Å². The van der Waals surface area contributed by atoms with Crippen LogP contribution in [0.15, 0.2) is 53.4 Å². The van der Waals surface area contributed by atoms with E-state index in [0.717, 1.165) is 42.1 Å². The normalized spacial score (nSPS) is 18.8. The van der Waals surface area contributed by atoms with Gasteiger partial charge < -0.3 is 25.7 Å². The molecule has 4 N–H and O–H groups in total. The van der Waals surface area contributed by atoms with Gasteiger partial charge in [0.15, 0.2) is 5.88 Å². The summed E-state index contributed by atoms with van der Waals surface area (Å²) in [7, 11) is 1.58. The third-order valence-corrected chi connectivity index (χ3v) is 5.21. The molecule has 4 rings (SSSR count). The van der Waals surface area contributed by atoms with E-state index >= 15 is 0 Å². The van der Waals surface area contributed by atoms with E-state index in [9.17, 15) is 4.79 Å². The molecule has 30 heavy (non-hydrogen) atoms. The second-order valence-electron chi connectivity index (χ2n) is 7.71. The van der Waals surface area contributed by atoms with E-state index < -0.39 is 0 Å². The lowest BCUT2D eigenvalue weighted by Crippen LogP contribution is -2.46. The van der Waals surface area contributed by atoms with Gasteiger partial charge in [-0.25, -0.2) is 0 Å². The van der Waals surface area contributed by atoms with Gasteiger partial charge in [-0.05, 0) is 36.6 Å². The van der Waals surface area contributed by atoms with Crippen molar-refractivity contribution in [3.05, 3.63) is 54.7 Å². The molecule has 2 atom stereocenters. The maximum atomic E-state index is 11.8. The van der Waals surface area contributed by atoms with Crippen molar-refractivity contribution in [2.24, 2.45) is 11.7 Å². The topological polar surface area (TPSA) is 109 Å². The van der Waals surface area contributed by atoms with Crippen molar-refractivity contribution in [2.75, 3.05) is 30.4 Å². The van der Waals surface area contributed by atoms with Gasteiger partial charge in [0.25, 0.3) is 5.91 Å². The standard InChI is InChI=1S/C22H26N6O2/c1-14-8-16(23)13-28(12-14)20-9-18(15-5-6-17(25-10-15)22(29)24-2)26-11-19(20)27-21-4-3-7-30-21/h3-7,9-11,14,16,27H,8,12-13,23H2,1-2H3,(H,24,29). The Balaban J connectivity index is 1.70. The van der Waals surface area contributed by atoms with Gasteiger partial charge in [-0.1, -0.05) is 6.92 Å². The third-order valence-electron chi connectivity index (χ3n) is 5.21. The monoisotopic (exact) mass is 406 g/mol. The summed E-state index contributed by atoms with van der Waals surface area (Å²) in [5, 5.41) is 5.89. The molecule has 2 unspecified atom stereocenters. The highest BCUT2D eigenvalue weighted by atomic mass is 16.3. The van der Waals surface area contributed by atoms with Gasteiger partial charge in [-0.3, -0.25) is 14.8 Å². The van der Waals surface area contributed by atoms with Crippen molar-refractivity contribution in [2.45, 2.75) is 19.4 Å². The molecule has 8 heteroatoms. The van der Waals surface area contributed by atoms with Gasteiger partial charge in [-0.15, -0.1) is 0 Å². The van der Waals surface area contributed by atoms with Crippen LogP contribution in [-0.4, -0.2) is 42.1 Å². The molecule has 1 aliphatic rings. The number of piperidine rings is 1. The first kappa shape index (κ1) is 19.9. The van der Waals surface area contributed by atoms with Gasteiger partial charge in [0.1, 0.15) is 5.69 Å². The number of amides is 1. The number of nitrogens with zero attached hydrogens (tertiary/aromatic N) is 3. The summed E-state index contributed by atoms with van der Waals surface area (Å²) in [5.74, 6) is 0.927.